The number of rotatable bonds is 3. The summed E-state index contributed by atoms with van der Waals surface area (Å²) in [6, 6.07) is 5.37. The van der Waals surface area contributed by atoms with E-state index in [4.69, 9.17) is 4.74 Å². The molecule has 0 N–H and O–H groups in total. The quantitative estimate of drug-likeness (QED) is 0.414. The first-order valence-corrected chi connectivity index (χ1v) is 4.23. The molecule has 2 heteroatoms. The standard InChI is InChI=1S/C12H12O2/c1-4-5-12(13)10-6-9(2)7-11(8-10)14-3/h5-8H,1H2,2-3H3. The van der Waals surface area contributed by atoms with E-state index in [9.17, 15) is 4.79 Å². The lowest BCUT2D eigenvalue weighted by Gasteiger charge is -2.03. The second-order valence-electron chi connectivity index (χ2n) is 2.95. The first-order chi connectivity index (χ1) is 6.67. The van der Waals surface area contributed by atoms with Gasteiger partial charge in [0.1, 0.15) is 5.75 Å². The Hall–Kier alpha value is -1.79. The van der Waals surface area contributed by atoms with Crippen molar-refractivity contribution in [3.63, 3.8) is 0 Å². The molecule has 72 valence electrons. The molecule has 1 aromatic carbocycles. The largest absolute Gasteiger partial charge is 0.497 e. The molecule has 0 spiro atoms. The molecular formula is C12H12O2. The molecule has 0 aliphatic rings. The van der Waals surface area contributed by atoms with Crippen molar-refractivity contribution in [3.8, 4) is 5.75 Å². The fraction of sp³-hybridized carbons (Fsp3) is 0.167. The van der Waals surface area contributed by atoms with Crippen molar-refractivity contribution < 1.29 is 9.53 Å². The van der Waals surface area contributed by atoms with E-state index in [1.54, 1.807) is 19.2 Å². The minimum Gasteiger partial charge on any atom is -0.497 e. The van der Waals surface area contributed by atoms with Gasteiger partial charge in [0, 0.05) is 11.6 Å². The average molecular weight is 188 g/mol. The van der Waals surface area contributed by atoms with Gasteiger partial charge in [0.05, 0.1) is 7.11 Å². The van der Waals surface area contributed by atoms with Crippen LogP contribution >= 0.6 is 0 Å². The van der Waals surface area contributed by atoms with Gasteiger partial charge in [0.15, 0.2) is 5.78 Å². The molecule has 14 heavy (non-hydrogen) atoms. The van der Waals surface area contributed by atoms with Crippen molar-refractivity contribution in [2.75, 3.05) is 7.11 Å². The highest BCUT2D eigenvalue weighted by molar-refractivity contribution is 6.04. The van der Waals surface area contributed by atoms with Gasteiger partial charge in [-0.15, -0.1) is 5.73 Å². The zero-order valence-corrected chi connectivity index (χ0v) is 8.33. The lowest BCUT2D eigenvalue weighted by molar-refractivity contribution is 0.104. The Kier molecular flexibility index (Phi) is 3.27. The molecule has 0 aliphatic heterocycles. The summed E-state index contributed by atoms with van der Waals surface area (Å²) >= 11 is 0. The van der Waals surface area contributed by atoms with Crippen LogP contribution in [-0.2, 0) is 0 Å². The summed E-state index contributed by atoms with van der Waals surface area (Å²) in [5.74, 6) is 0.577. The third-order valence-electron chi connectivity index (χ3n) is 1.80. The molecule has 0 aromatic heterocycles. The van der Waals surface area contributed by atoms with Crippen molar-refractivity contribution >= 4 is 5.78 Å². The van der Waals surface area contributed by atoms with Crippen molar-refractivity contribution in [1.82, 2.24) is 0 Å². The van der Waals surface area contributed by atoms with E-state index < -0.39 is 0 Å². The van der Waals surface area contributed by atoms with E-state index in [-0.39, 0.29) is 5.78 Å². The first kappa shape index (κ1) is 10.3. The van der Waals surface area contributed by atoms with Gasteiger partial charge in [-0.05, 0) is 30.7 Å². The van der Waals surface area contributed by atoms with Crippen LogP contribution in [0.4, 0.5) is 0 Å². The maximum Gasteiger partial charge on any atom is 0.193 e. The molecule has 0 saturated carbocycles. The number of benzene rings is 1. The molecule has 0 atom stereocenters. The first-order valence-electron chi connectivity index (χ1n) is 4.23. The fourth-order valence-electron chi connectivity index (χ4n) is 1.18. The van der Waals surface area contributed by atoms with Crippen molar-refractivity contribution in [2.24, 2.45) is 0 Å². The number of hydrogen-bond acceptors (Lipinski definition) is 2. The molecule has 1 rings (SSSR count). The van der Waals surface area contributed by atoms with Gasteiger partial charge in [-0.2, -0.15) is 0 Å². The topological polar surface area (TPSA) is 26.3 Å². The van der Waals surface area contributed by atoms with E-state index in [2.05, 4.69) is 12.3 Å². The minimum absolute atomic E-state index is 0.109. The summed E-state index contributed by atoms with van der Waals surface area (Å²) in [5, 5.41) is 0. The maximum absolute atomic E-state index is 11.5. The summed E-state index contributed by atoms with van der Waals surface area (Å²) < 4.78 is 5.06. The van der Waals surface area contributed by atoms with Crippen LogP contribution in [0.2, 0.25) is 0 Å². The predicted octanol–water partition coefficient (Wildman–Crippen LogP) is 2.53. The van der Waals surface area contributed by atoms with E-state index in [1.165, 1.54) is 6.08 Å². The Labute approximate surface area is 83.5 Å². The van der Waals surface area contributed by atoms with Gasteiger partial charge in [-0.25, -0.2) is 0 Å². The van der Waals surface area contributed by atoms with Gasteiger partial charge in [-0.1, -0.05) is 6.58 Å². The fourth-order valence-corrected chi connectivity index (χ4v) is 1.18. The molecule has 1 aromatic rings. The van der Waals surface area contributed by atoms with Crippen LogP contribution in [-0.4, -0.2) is 12.9 Å². The second-order valence-corrected chi connectivity index (χ2v) is 2.95. The van der Waals surface area contributed by atoms with Crippen LogP contribution in [0.25, 0.3) is 0 Å². The van der Waals surface area contributed by atoms with Gasteiger partial charge in [0.2, 0.25) is 0 Å². The highest BCUT2D eigenvalue weighted by Crippen LogP contribution is 2.16. The molecule has 0 aliphatic carbocycles. The highest BCUT2D eigenvalue weighted by Gasteiger charge is 2.04. The molecule has 0 heterocycles. The Bertz CT molecular complexity index is 399. The van der Waals surface area contributed by atoms with Crippen LogP contribution in [0, 0.1) is 6.92 Å². The summed E-state index contributed by atoms with van der Waals surface area (Å²) in [6.45, 7) is 5.27. The van der Waals surface area contributed by atoms with E-state index in [0.717, 1.165) is 5.56 Å². The third kappa shape index (κ3) is 2.35. The van der Waals surface area contributed by atoms with Crippen LogP contribution in [0.5, 0.6) is 5.75 Å². The predicted molar refractivity (Wildman–Crippen MR) is 55.8 cm³/mol. The number of carbonyl (C=O) groups is 1. The van der Waals surface area contributed by atoms with Crippen LogP contribution in [0.3, 0.4) is 0 Å². The molecule has 0 saturated heterocycles. The monoisotopic (exact) mass is 188 g/mol. The lowest BCUT2D eigenvalue weighted by Crippen LogP contribution is -1.95. The molecule has 2 nitrogen and oxygen atoms in total. The number of aryl methyl sites for hydroxylation is 1. The minimum atomic E-state index is -0.109. The Morgan fingerprint density at radius 2 is 2.21 bits per heavy atom. The van der Waals surface area contributed by atoms with Gasteiger partial charge in [-0.3, -0.25) is 4.79 Å². The smallest absolute Gasteiger partial charge is 0.193 e. The van der Waals surface area contributed by atoms with Crippen molar-refractivity contribution in [3.05, 3.63) is 47.7 Å². The number of ether oxygens (including phenoxy) is 1. The van der Waals surface area contributed by atoms with Crippen molar-refractivity contribution in [1.29, 1.82) is 0 Å². The lowest BCUT2D eigenvalue weighted by atomic mass is 10.1. The SMILES string of the molecule is C=C=CC(=O)c1cc(C)cc(OC)c1. The van der Waals surface area contributed by atoms with Gasteiger partial charge < -0.3 is 4.74 Å². The average Bonchev–Trinajstić information content (AvgIpc) is 2.17. The number of carbonyl (C=O) groups excluding carboxylic acids is 1. The Morgan fingerprint density at radius 3 is 2.79 bits per heavy atom. The molecule has 0 bridgehead atoms. The van der Waals surface area contributed by atoms with Crippen LogP contribution in [0.15, 0.2) is 36.6 Å². The number of allylic oxidation sites excluding steroid dienone is 1. The molecule has 0 fully saturated rings. The van der Waals surface area contributed by atoms with Crippen LogP contribution < -0.4 is 4.74 Å². The summed E-state index contributed by atoms with van der Waals surface area (Å²) in [6.07, 6.45) is 1.31. The Morgan fingerprint density at radius 1 is 1.50 bits per heavy atom. The zero-order chi connectivity index (χ0) is 10.6. The Balaban J connectivity index is 3.14. The number of ketones is 1. The van der Waals surface area contributed by atoms with Crippen molar-refractivity contribution in [2.45, 2.75) is 6.92 Å². The molecule has 0 amide bonds. The highest BCUT2D eigenvalue weighted by atomic mass is 16.5. The number of methoxy groups -OCH3 is 1. The number of hydrogen-bond donors (Lipinski definition) is 0. The zero-order valence-electron chi connectivity index (χ0n) is 8.33. The van der Waals surface area contributed by atoms with E-state index in [1.807, 2.05) is 13.0 Å². The maximum atomic E-state index is 11.5. The van der Waals surface area contributed by atoms with E-state index in [0.29, 0.717) is 11.3 Å². The summed E-state index contributed by atoms with van der Waals surface area (Å²) in [7, 11) is 1.58. The molecule has 0 radical (unpaired) electrons. The summed E-state index contributed by atoms with van der Waals surface area (Å²) in [4.78, 5) is 11.5. The summed E-state index contributed by atoms with van der Waals surface area (Å²) in [5.41, 5.74) is 4.04. The van der Waals surface area contributed by atoms with Gasteiger partial charge >= 0.3 is 0 Å². The molecular weight excluding hydrogens is 176 g/mol. The second kappa shape index (κ2) is 4.45. The third-order valence-corrected chi connectivity index (χ3v) is 1.80. The van der Waals surface area contributed by atoms with Gasteiger partial charge in [0.25, 0.3) is 0 Å². The van der Waals surface area contributed by atoms with E-state index >= 15 is 0 Å². The molecule has 0 unspecified atom stereocenters. The van der Waals surface area contributed by atoms with Crippen LogP contribution in [0.1, 0.15) is 15.9 Å². The normalized spacial score (nSPS) is 9.00.